The average Bonchev–Trinajstić information content (AvgIpc) is 2.71. The third-order valence-electron chi connectivity index (χ3n) is 2.93. The van der Waals surface area contributed by atoms with Gasteiger partial charge in [0.25, 0.3) is 0 Å². The third kappa shape index (κ3) is 2.13. The lowest BCUT2D eigenvalue weighted by atomic mass is 9.98. The molecule has 1 heterocycles. The number of rotatable bonds is 3. The molecule has 0 saturated heterocycles. The molecule has 3 nitrogen and oxygen atoms in total. The molecule has 3 heteroatoms. The van der Waals surface area contributed by atoms with E-state index in [0.717, 1.165) is 29.5 Å². The van der Waals surface area contributed by atoms with Crippen molar-refractivity contribution in [2.45, 2.75) is 20.3 Å². The lowest BCUT2D eigenvalue weighted by Gasteiger charge is -2.05. The highest BCUT2D eigenvalue weighted by Crippen LogP contribution is 2.27. The Bertz CT molecular complexity index is 555. The van der Waals surface area contributed by atoms with E-state index >= 15 is 0 Å². The number of hydrogen-bond donors (Lipinski definition) is 0. The van der Waals surface area contributed by atoms with Crippen molar-refractivity contribution in [2.75, 3.05) is 0 Å². The standard InChI is InChI=1S/C14H16N2O/c1-4-14-13(8-16(3)15-14)12-7-11(9-17)6-5-10(12)2/h5-9H,4H2,1-3H3. The van der Waals surface area contributed by atoms with Crippen LogP contribution in [0.15, 0.2) is 24.4 Å². The SMILES string of the molecule is CCc1nn(C)cc1-c1cc(C=O)ccc1C. The Balaban J connectivity index is 2.62. The van der Waals surface area contributed by atoms with E-state index in [-0.39, 0.29) is 0 Å². The van der Waals surface area contributed by atoms with Crippen molar-refractivity contribution in [1.82, 2.24) is 9.78 Å². The van der Waals surface area contributed by atoms with Crippen molar-refractivity contribution < 1.29 is 4.79 Å². The molecule has 0 amide bonds. The van der Waals surface area contributed by atoms with E-state index in [9.17, 15) is 4.79 Å². The van der Waals surface area contributed by atoms with Crippen LogP contribution in [-0.2, 0) is 13.5 Å². The molecule has 2 aromatic rings. The average molecular weight is 228 g/mol. The molecule has 1 aromatic heterocycles. The Morgan fingerprint density at radius 2 is 2.12 bits per heavy atom. The third-order valence-corrected chi connectivity index (χ3v) is 2.93. The molecule has 0 radical (unpaired) electrons. The summed E-state index contributed by atoms with van der Waals surface area (Å²) in [5.41, 5.74) is 5.16. The molecular formula is C14H16N2O. The molecule has 0 bridgehead atoms. The van der Waals surface area contributed by atoms with Crippen LogP contribution in [0.5, 0.6) is 0 Å². The fourth-order valence-corrected chi connectivity index (χ4v) is 2.02. The first-order chi connectivity index (χ1) is 8.15. The van der Waals surface area contributed by atoms with Crippen molar-refractivity contribution in [1.29, 1.82) is 0 Å². The Labute approximate surface area is 101 Å². The quantitative estimate of drug-likeness (QED) is 0.757. The molecule has 0 aliphatic heterocycles. The summed E-state index contributed by atoms with van der Waals surface area (Å²) in [5, 5.41) is 4.43. The van der Waals surface area contributed by atoms with Gasteiger partial charge in [-0.05, 0) is 30.5 Å². The zero-order chi connectivity index (χ0) is 12.4. The Morgan fingerprint density at radius 1 is 1.35 bits per heavy atom. The largest absolute Gasteiger partial charge is 0.298 e. The van der Waals surface area contributed by atoms with Crippen LogP contribution in [0, 0.1) is 6.92 Å². The molecule has 17 heavy (non-hydrogen) atoms. The van der Waals surface area contributed by atoms with Gasteiger partial charge >= 0.3 is 0 Å². The maximum atomic E-state index is 10.8. The summed E-state index contributed by atoms with van der Waals surface area (Å²) in [5.74, 6) is 0. The summed E-state index contributed by atoms with van der Waals surface area (Å²) in [6.07, 6.45) is 3.78. The molecule has 0 unspecified atom stereocenters. The first-order valence-corrected chi connectivity index (χ1v) is 5.74. The Kier molecular flexibility index (Phi) is 3.09. The van der Waals surface area contributed by atoms with Crippen molar-refractivity contribution in [3.05, 3.63) is 41.2 Å². The molecule has 88 valence electrons. The van der Waals surface area contributed by atoms with E-state index in [2.05, 4.69) is 18.9 Å². The van der Waals surface area contributed by atoms with E-state index in [1.54, 1.807) is 0 Å². The summed E-state index contributed by atoms with van der Waals surface area (Å²) in [4.78, 5) is 10.8. The van der Waals surface area contributed by atoms with Crippen molar-refractivity contribution in [3.63, 3.8) is 0 Å². The van der Waals surface area contributed by atoms with Gasteiger partial charge in [0.2, 0.25) is 0 Å². The van der Waals surface area contributed by atoms with Crippen LogP contribution in [0.3, 0.4) is 0 Å². The van der Waals surface area contributed by atoms with E-state index < -0.39 is 0 Å². The molecule has 0 saturated carbocycles. The van der Waals surface area contributed by atoms with Crippen molar-refractivity contribution >= 4 is 6.29 Å². The fraction of sp³-hybridized carbons (Fsp3) is 0.286. The minimum absolute atomic E-state index is 0.705. The predicted octanol–water partition coefficient (Wildman–Crippen LogP) is 2.77. The summed E-state index contributed by atoms with van der Waals surface area (Å²) < 4.78 is 1.82. The van der Waals surface area contributed by atoms with Crippen LogP contribution in [0.4, 0.5) is 0 Å². The molecule has 0 aliphatic rings. The number of hydrogen-bond acceptors (Lipinski definition) is 2. The summed E-state index contributed by atoms with van der Waals surface area (Å²) in [6.45, 7) is 4.14. The minimum atomic E-state index is 0.705. The van der Waals surface area contributed by atoms with Gasteiger partial charge in [0, 0.05) is 24.4 Å². The van der Waals surface area contributed by atoms with Crippen LogP contribution in [0.1, 0.15) is 28.5 Å². The highest BCUT2D eigenvalue weighted by atomic mass is 16.1. The molecule has 0 spiro atoms. The number of carbonyl (C=O) groups excluding carboxylic acids is 1. The van der Waals surface area contributed by atoms with Gasteiger partial charge in [0.05, 0.1) is 5.69 Å². The number of benzene rings is 1. The first kappa shape index (κ1) is 11.6. The normalized spacial score (nSPS) is 10.5. The maximum Gasteiger partial charge on any atom is 0.150 e. The van der Waals surface area contributed by atoms with Crippen LogP contribution in [0.2, 0.25) is 0 Å². The molecular weight excluding hydrogens is 212 g/mol. The molecule has 0 atom stereocenters. The Hall–Kier alpha value is -1.90. The highest BCUT2D eigenvalue weighted by molar-refractivity contribution is 5.80. The molecule has 1 aromatic carbocycles. The van der Waals surface area contributed by atoms with Gasteiger partial charge < -0.3 is 0 Å². The van der Waals surface area contributed by atoms with Crippen LogP contribution >= 0.6 is 0 Å². The van der Waals surface area contributed by atoms with Gasteiger partial charge in [-0.3, -0.25) is 9.48 Å². The van der Waals surface area contributed by atoms with Gasteiger partial charge in [-0.25, -0.2) is 0 Å². The highest BCUT2D eigenvalue weighted by Gasteiger charge is 2.11. The lowest BCUT2D eigenvalue weighted by molar-refractivity contribution is 0.112. The summed E-state index contributed by atoms with van der Waals surface area (Å²) in [6, 6.07) is 5.75. The molecule has 0 N–H and O–H groups in total. The predicted molar refractivity (Wildman–Crippen MR) is 68.1 cm³/mol. The second-order valence-electron chi connectivity index (χ2n) is 4.21. The maximum absolute atomic E-state index is 10.8. The van der Waals surface area contributed by atoms with Gasteiger partial charge in [-0.15, -0.1) is 0 Å². The van der Waals surface area contributed by atoms with Crippen LogP contribution in [-0.4, -0.2) is 16.1 Å². The van der Waals surface area contributed by atoms with Gasteiger partial charge in [-0.2, -0.15) is 5.10 Å². The van der Waals surface area contributed by atoms with E-state index in [1.165, 1.54) is 5.56 Å². The van der Waals surface area contributed by atoms with Gasteiger partial charge in [-0.1, -0.05) is 19.1 Å². The summed E-state index contributed by atoms with van der Waals surface area (Å²) in [7, 11) is 1.92. The molecule has 2 rings (SSSR count). The topological polar surface area (TPSA) is 34.9 Å². The zero-order valence-corrected chi connectivity index (χ0v) is 10.4. The number of carbonyl (C=O) groups is 1. The molecule has 0 fully saturated rings. The Morgan fingerprint density at radius 3 is 2.76 bits per heavy atom. The van der Waals surface area contributed by atoms with Crippen LogP contribution < -0.4 is 0 Å². The van der Waals surface area contributed by atoms with Crippen molar-refractivity contribution in [2.24, 2.45) is 7.05 Å². The van der Waals surface area contributed by atoms with Gasteiger partial charge in [0.1, 0.15) is 6.29 Å². The second-order valence-corrected chi connectivity index (χ2v) is 4.21. The van der Waals surface area contributed by atoms with E-state index in [0.29, 0.717) is 5.56 Å². The monoisotopic (exact) mass is 228 g/mol. The van der Waals surface area contributed by atoms with Gasteiger partial charge in [0.15, 0.2) is 0 Å². The van der Waals surface area contributed by atoms with Crippen molar-refractivity contribution in [3.8, 4) is 11.1 Å². The van der Waals surface area contributed by atoms with E-state index in [4.69, 9.17) is 0 Å². The number of nitrogens with zero attached hydrogens (tertiary/aromatic N) is 2. The number of aromatic nitrogens is 2. The van der Waals surface area contributed by atoms with Crippen LogP contribution in [0.25, 0.3) is 11.1 Å². The zero-order valence-electron chi connectivity index (χ0n) is 10.4. The fourth-order valence-electron chi connectivity index (χ4n) is 2.02. The smallest absolute Gasteiger partial charge is 0.150 e. The first-order valence-electron chi connectivity index (χ1n) is 5.74. The molecule has 0 aliphatic carbocycles. The minimum Gasteiger partial charge on any atom is -0.298 e. The second kappa shape index (κ2) is 4.53. The lowest BCUT2D eigenvalue weighted by Crippen LogP contribution is -1.90. The number of aryl methyl sites for hydroxylation is 3. The van der Waals surface area contributed by atoms with E-state index in [1.807, 2.05) is 36.1 Å². The number of aldehydes is 1. The summed E-state index contributed by atoms with van der Waals surface area (Å²) >= 11 is 0.